The van der Waals surface area contributed by atoms with E-state index in [1.54, 1.807) is 12.1 Å². The summed E-state index contributed by atoms with van der Waals surface area (Å²) in [5, 5.41) is 12.7. The third-order valence-electron chi connectivity index (χ3n) is 2.38. The molecule has 0 amide bonds. The smallest absolute Gasteiger partial charge is 0.320 e. The van der Waals surface area contributed by atoms with Gasteiger partial charge in [-0.15, -0.1) is 0 Å². The van der Waals surface area contributed by atoms with E-state index < -0.39 is 5.60 Å². The number of phenolic OH excluding ortho intramolecular Hbond substituents is 1. The van der Waals surface area contributed by atoms with Gasteiger partial charge in [-0.05, 0) is 33.8 Å². The highest BCUT2D eigenvalue weighted by Gasteiger charge is 2.17. The molecule has 0 radical (unpaired) electrons. The Morgan fingerprint density at radius 1 is 1.39 bits per heavy atom. The van der Waals surface area contributed by atoms with Crippen molar-refractivity contribution in [3.8, 4) is 5.75 Å². The van der Waals surface area contributed by atoms with E-state index in [0.29, 0.717) is 0 Å². The summed E-state index contributed by atoms with van der Waals surface area (Å²) in [6.45, 7) is 7.50. The van der Waals surface area contributed by atoms with Crippen LogP contribution in [-0.2, 0) is 9.53 Å². The molecule has 1 rings (SSSR count). The summed E-state index contributed by atoms with van der Waals surface area (Å²) < 4.78 is 5.19. The van der Waals surface area contributed by atoms with Crippen molar-refractivity contribution < 1.29 is 14.6 Å². The zero-order valence-corrected chi connectivity index (χ0v) is 11.4. The standard InChI is InChI=1S/C14H21NO3/c1-10(11-7-5-6-8-12(11)16)15-9-13(17)18-14(2,3)4/h5-8,10,15-16H,9H2,1-4H3. The van der Waals surface area contributed by atoms with Gasteiger partial charge in [0.2, 0.25) is 0 Å². The van der Waals surface area contributed by atoms with Crippen molar-refractivity contribution in [3.05, 3.63) is 29.8 Å². The predicted octanol–water partition coefficient (Wildman–Crippen LogP) is 2.38. The SMILES string of the molecule is CC(NCC(=O)OC(C)(C)C)c1ccccc1O. The highest BCUT2D eigenvalue weighted by Crippen LogP contribution is 2.22. The summed E-state index contributed by atoms with van der Waals surface area (Å²) in [6.07, 6.45) is 0. The average Bonchev–Trinajstić information content (AvgIpc) is 2.24. The van der Waals surface area contributed by atoms with E-state index in [0.717, 1.165) is 5.56 Å². The number of aromatic hydroxyl groups is 1. The van der Waals surface area contributed by atoms with Crippen LogP contribution in [0.4, 0.5) is 0 Å². The number of phenols is 1. The van der Waals surface area contributed by atoms with E-state index >= 15 is 0 Å². The minimum absolute atomic E-state index is 0.112. The number of ether oxygens (including phenoxy) is 1. The monoisotopic (exact) mass is 251 g/mol. The van der Waals surface area contributed by atoms with Gasteiger partial charge >= 0.3 is 5.97 Å². The third kappa shape index (κ3) is 4.75. The normalized spacial score (nSPS) is 13.1. The lowest BCUT2D eigenvalue weighted by molar-refractivity contribution is -0.153. The average molecular weight is 251 g/mol. The maximum absolute atomic E-state index is 11.5. The van der Waals surface area contributed by atoms with Gasteiger partial charge in [-0.3, -0.25) is 4.79 Å². The highest BCUT2D eigenvalue weighted by molar-refractivity contribution is 5.72. The van der Waals surface area contributed by atoms with Crippen LogP contribution in [0.15, 0.2) is 24.3 Å². The van der Waals surface area contributed by atoms with E-state index in [-0.39, 0.29) is 24.3 Å². The van der Waals surface area contributed by atoms with Gasteiger partial charge in [-0.25, -0.2) is 0 Å². The Hall–Kier alpha value is -1.55. The molecule has 100 valence electrons. The minimum Gasteiger partial charge on any atom is -0.508 e. The second kappa shape index (κ2) is 5.87. The fraction of sp³-hybridized carbons (Fsp3) is 0.500. The third-order valence-corrected chi connectivity index (χ3v) is 2.38. The zero-order chi connectivity index (χ0) is 13.8. The van der Waals surface area contributed by atoms with E-state index in [1.165, 1.54) is 0 Å². The molecule has 0 fully saturated rings. The first-order valence-electron chi connectivity index (χ1n) is 6.03. The van der Waals surface area contributed by atoms with Gasteiger partial charge in [0.25, 0.3) is 0 Å². The number of carbonyl (C=O) groups is 1. The van der Waals surface area contributed by atoms with E-state index in [9.17, 15) is 9.90 Å². The second-order valence-corrected chi connectivity index (χ2v) is 5.25. The molecule has 0 aliphatic rings. The van der Waals surface area contributed by atoms with Gasteiger partial charge in [-0.2, -0.15) is 0 Å². The van der Waals surface area contributed by atoms with E-state index in [4.69, 9.17) is 4.74 Å². The van der Waals surface area contributed by atoms with Gasteiger partial charge in [0, 0.05) is 11.6 Å². The first-order valence-corrected chi connectivity index (χ1v) is 6.03. The number of rotatable bonds is 4. The summed E-state index contributed by atoms with van der Waals surface area (Å²) in [7, 11) is 0. The molecule has 0 spiro atoms. The fourth-order valence-electron chi connectivity index (χ4n) is 1.58. The van der Waals surface area contributed by atoms with Crippen LogP contribution in [0.1, 0.15) is 39.3 Å². The Kier molecular flexibility index (Phi) is 4.73. The number of hydrogen-bond acceptors (Lipinski definition) is 4. The topological polar surface area (TPSA) is 58.6 Å². The molecule has 0 saturated carbocycles. The Morgan fingerprint density at radius 2 is 2.00 bits per heavy atom. The number of nitrogens with one attached hydrogen (secondary N) is 1. The lowest BCUT2D eigenvalue weighted by atomic mass is 10.1. The van der Waals surface area contributed by atoms with E-state index in [1.807, 2.05) is 39.8 Å². The summed E-state index contributed by atoms with van der Waals surface area (Å²) in [6, 6.07) is 6.95. The summed E-state index contributed by atoms with van der Waals surface area (Å²) in [5.74, 6) is -0.0774. The molecule has 4 nitrogen and oxygen atoms in total. The quantitative estimate of drug-likeness (QED) is 0.807. The van der Waals surface area contributed by atoms with Crippen molar-refractivity contribution in [1.29, 1.82) is 0 Å². The molecule has 0 saturated heterocycles. The molecule has 4 heteroatoms. The van der Waals surface area contributed by atoms with Crippen LogP contribution in [0.5, 0.6) is 5.75 Å². The zero-order valence-electron chi connectivity index (χ0n) is 11.4. The molecule has 18 heavy (non-hydrogen) atoms. The van der Waals surface area contributed by atoms with Gasteiger partial charge in [0.15, 0.2) is 0 Å². The molecule has 1 atom stereocenters. The molecule has 0 aliphatic heterocycles. The molecular weight excluding hydrogens is 230 g/mol. The molecule has 1 aromatic rings. The van der Waals surface area contributed by atoms with Crippen molar-refractivity contribution in [3.63, 3.8) is 0 Å². The summed E-state index contributed by atoms with van der Waals surface area (Å²) in [4.78, 5) is 11.5. The second-order valence-electron chi connectivity index (χ2n) is 5.25. The number of carbonyl (C=O) groups excluding carboxylic acids is 1. The number of hydrogen-bond donors (Lipinski definition) is 2. The number of esters is 1. The minimum atomic E-state index is -0.475. The summed E-state index contributed by atoms with van der Waals surface area (Å²) in [5.41, 5.74) is 0.290. The lowest BCUT2D eigenvalue weighted by Gasteiger charge is -2.21. The Labute approximate surface area is 108 Å². The molecule has 2 N–H and O–H groups in total. The van der Waals surface area contributed by atoms with Crippen molar-refractivity contribution in [1.82, 2.24) is 5.32 Å². The van der Waals surface area contributed by atoms with Crippen LogP contribution in [0.2, 0.25) is 0 Å². The summed E-state index contributed by atoms with van der Waals surface area (Å²) >= 11 is 0. The van der Waals surface area contributed by atoms with Gasteiger partial charge in [-0.1, -0.05) is 18.2 Å². The molecule has 1 unspecified atom stereocenters. The number of benzene rings is 1. The molecule has 1 aromatic carbocycles. The number of para-hydroxylation sites is 1. The Bertz CT molecular complexity index is 410. The molecule has 0 bridgehead atoms. The van der Waals surface area contributed by atoms with Crippen LogP contribution in [-0.4, -0.2) is 23.2 Å². The van der Waals surface area contributed by atoms with Crippen LogP contribution in [0.3, 0.4) is 0 Å². The molecular formula is C14H21NO3. The predicted molar refractivity (Wildman–Crippen MR) is 70.4 cm³/mol. The first kappa shape index (κ1) is 14.5. The van der Waals surface area contributed by atoms with Gasteiger partial charge in [0.1, 0.15) is 11.4 Å². The van der Waals surface area contributed by atoms with Gasteiger partial charge < -0.3 is 15.2 Å². The Morgan fingerprint density at radius 3 is 2.56 bits per heavy atom. The van der Waals surface area contributed by atoms with Crippen molar-refractivity contribution in [2.24, 2.45) is 0 Å². The van der Waals surface area contributed by atoms with Crippen LogP contribution in [0.25, 0.3) is 0 Å². The molecule has 0 aliphatic carbocycles. The largest absolute Gasteiger partial charge is 0.508 e. The highest BCUT2D eigenvalue weighted by atomic mass is 16.6. The molecule has 0 aromatic heterocycles. The van der Waals surface area contributed by atoms with Gasteiger partial charge in [0.05, 0.1) is 6.54 Å². The molecule has 0 heterocycles. The lowest BCUT2D eigenvalue weighted by Crippen LogP contribution is -2.32. The maximum Gasteiger partial charge on any atom is 0.320 e. The van der Waals surface area contributed by atoms with E-state index in [2.05, 4.69) is 5.32 Å². The van der Waals surface area contributed by atoms with Crippen molar-refractivity contribution in [2.45, 2.75) is 39.3 Å². The van der Waals surface area contributed by atoms with Crippen molar-refractivity contribution >= 4 is 5.97 Å². The van der Waals surface area contributed by atoms with Crippen LogP contribution < -0.4 is 5.32 Å². The maximum atomic E-state index is 11.5. The fourth-order valence-corrected chi connectivity index (χ4v) is 1.58. The first-order chi connectivity index (χ1) is 8.29. The van der Waals surface area contributed by atoms with Crippen LogP contribution in [0, 0.1) is 0 Å². The van der Waals surface area contributed by atoms with Crippen LogP contribution >= 0.6 is 0 Å². The van der Waals surface area contributed by atoms with Crippen molar-refractivity contribution in [2.75, 3.05) is 6.54 Å². The Balaban J connectivity index is 2.49.